The van der Waals surface area contributed by atoms with Crippen LogP contribution in [0.2, 0.25) is 0 Å². The van der Waals surface area contributed by atoms with Crippen molar-refractivity contribution in [1.29, 1.82) is 0 Å². The summed E-state index contributed by atoms with van der Waals surface area (Å²) in [6.45, 7) is 6.14. The lowest BCUT2D eigenvalue weighted by Gasteiger charge is -2.33. The molecule has 0 saturated heterocycles. The average molecular weight is 422 g/mol. The van der Waals surface area contributed by atoms with Crippen molar-refractivity contribution in [1.82, 2.24) is 0 Å². The number of ether oxygens (including phenoxy) is 2. The molecule has 2 heterocycles. The highest BCUT2D eigenvalue weighted by atomic mass is 16.5. The number of rotatable bonds is 4. The summed E-state index contributed by atoms with van der Waals surface area (Å²) in [6.07, 6.45) is 7.05. The summed E-state index contributed by atoms with van der Waals surface area (Å²) in [6, 6.07) is 5.70. The SMILES string of the molecule is CC(C)=CCCC1(C)C=Cc2cc(C3CC(=O)c4c(O)cc(O)cc4O3)c(O)cc2O1. The molecule has 0 aliphatic carbocycles. The normalized spacial score (nSPS) is 21.5. The Hall–Kier alpha value is -3.41. The van der Waals surface area contributed by atoms with Crippen molar-refractivity contribution < 1.29 is 29.6 Å². The minimum Gasteiger partial charge on any atom is -0.508 e. The van der Waals surface area contributed by atoms with E-state index in [0.717, 1.165) is 24.5 Å². The third-order valence-corrected chi connectivity index (χ3v) is 5.64. The minimum atomic E-state index is -0.745. The number of phenols is 3. The van der Waals surface area contributed by atoms with Gasteiger partial charge >= 0.3 is 0 Å². The molecule has 2 aromatic rings. The van der Waals surface area contributed by atoms with Crippen LogP contribution in [0.1, 0.15) is 67.6 Å². The third-order valence-electron chi connectivity index (χ3n) is 5.64. The molecule has 6 heteroatoms. The van der Waals surface area contributed by atoms with E-state index in [4.69, 9.17) is 9.47 Å². The molecule has 0 bridgehead atoms. The van der Waals surface area contributed by atoms with Gasteiger partial charge in [-0.2, -0.15) is 0 Å². The van der Waals surface area contributed by atoms with Gasteiger partial charge in [-0.15, -0.1) is 0 Å². The van der Waals surface area contributed by atoms with E-state index in [-0.39, 0.29) is 40.8 Å². The van der Waals surface area contributed by atoms with E-state index in [1.807, 2.05) is 19.1 Å². The molecule has 2 atom stereocenters. The quantitative estimate of drug-likeness (QED) is 0.569. The highest BCUT2D eigenvalue weighted by molar-refractivity contribution is 6.02. The summed E-state index contributed by atoms with van der Waals surface area (Å²) >= 11 is 0. The van der Waals surface area contributed by atoms with Crippen LogP contribution >= 0.6 is 0 Å². The number of carbonyl (C=O) groups is 1. The molecule has 31 heavy (non-hydrogen) atoms. The molecule has 0 spiro atoms. The predicted octanol–water partition coefficient (Wildman–Crippen LogP) is 5.42. The van der Waals surface area contributed by atoms with E-state index < -0.39 is 11.7 Å². The van der Waals surface area contributed by atoms with Gasteiger partial charge in [-0.05, 0) is 45.8 Å². The molecule has 0 amide bonds. The van der Waals surface area contributed by atoms with Gasteiger partial charge in [-0.3, -0.25) is 4.79 Å². The molecule has 0 fully saturated rings. The molecule has 2 unspecified atom stereocenters. The van der Waals surface area contributed by atoms with Crippen molar-refractivity contribution in [3.8, 4) is 28.7 Å². The molecular formula is C25H26O6. The fourth-order valence-electron chi connectivity index (χ4n) is 4.01. The molecule has 2 aromatic carbocycles. The molecular weight excluding hydrogens is 396 g/mol. The largest absolute Gasteiger partial charge is 0.508 e. The Bertz CT molecular complexity index is 1110. The Morgan fingerprint density at radius 2 is 1.90 bits per heavy atom. The minimum absolute atomic E-state index is 0.0358. The van der Waals surface area contributed by atoms with Gasteiger partial charge in [0.2, 0.25) is 0 Å². The Morgan fingerprint density at radius 3 is 2.65 bits per heavy atom. The lowest BCUT2D eigenvalue weighted by atomic mass is 9.91. The average Bonchev–Trinajstić information content (AvgIpc) is 2.66. The number of fused-ring (bicyclic) bond motifs is 2. The number of aromatic hydroxyl groups is 3. The molecule has 162 valence electrons. The van der Waals surface area contributed by atoms with Gasteiger partial charge in [0.15, 0.2) is 5.78 Å². The molecule has 2 aliphatic rings. The second-order valence-electron chi connectivity index (χ2n) is 8.59. The Kier molecular flexibility index (Phi) is 5.17. The fourth-order valence-corrected chi connectivity index (χ4v) is 4.01. The smallest absolute Gasteiger partial charge is 0.174 e. The second-order valence-corrected chi connectivity index (χ2v) is 8.59. The van der Waals surface area contributed by atoms with Crippen LogP contribution in [-0.2, 0) is 0 Å². The first-order valence-corrected chi connectivity index (χ1v) is 10.3. The number of allylic oxidation sites excluding steroid dienone is 2. The lowest BCUT2D eigenvalue weighted by molar-refractivity contribution is 0.0842. The number of hydrogen-bond donors (Lipinski definition) is 3. The summed E-state index contributed by atoms with van der Waals surface area (Å²) in [5, 5.41) is 30.4. The summed E-state index contributed by atoms with van der Waals surface area (Å²) in [4.78, 5) is 12.6. The van der Waals surface area contributed by atoms with Crippen LogP contribution in [0.3, 0.4) is 0 Å². The van der Waals surface area contributed by atoms with E-state index in [9.17, 15) is 20.1 Å². The van der Waals surface area contributed by atoms with Gasteiger partial charge < -0.3 is 24.8 Å². The number of phenolic OH excluding ortho intramolecular Hbond substituents is 3. The van der Waals surface area contributed by atoms with Crippen molar-refractivity contribution in [2.24, 2.45) is 0 Å². The first-order valence-electron chi connectivity index (χ1n) is 10.3. The molecule has 6 nitrogen and oxygen atoms in total. The maximum Gasteiger partial charge on any atom is 0.174 e. The fraction of sp³-hybridized carbons (Fsp3) is 0.320. The van der Waals surface area contributed by atoms with Crippen LogP contribution in [0, 0.1) is 0 Å². The van der Waals surface area contributed by atoms with E-state index in [0.29, 0.717) is 11.3 Å². The molecule has 2 aliphatic heterocycles. The monoisotopic (exact) mass is 422 g/mol. The van der Waals surface area contributed by atoms with Gasteiger partial charge in [-0.1, -0.05) is 17.7 Å². The summed E-state index contributed by atoms with van der Waals surface area (Å²) < 4.78 is 12.0. The zero-order chi connectivity index (χ0) is 22.3. The Labute approximate surface area is 181 Å². The van der Waals surface area contributed by atoms with Crippen molar-refractivity contribution in [3.05, 3.63) is 58.7 Å². The zero-order valence-corrected chi connectivity index (χ0v) is 17.8. The number of carbonyl (C=O) groups excluding carboxylic acids is 1. The Balaban J connectivity index is 1.61. The van der Waals surface area contributed by atoms with Crippen LogP contribution in [0.4, 0.5) is 0 Å². The van der Waals surface area contributed by atoms with Crippen molar-refractivity contribution in [3.63, 3.8) is 0 Å². The van der Waals surface area contributed by atoms with Crippen LogP contribution < -0.4 is 9.47 Å². The van der Waals surface area contributed by atoms with E-state index in [1.54, 1.807) is 12.1 Å². The van der Waals surface area contributed by atoms with Gasteiger partial charge in [0.1, 0.15) is 46.0 Å². The van der Waals surface area contributed by atoms with Crippen molar-refractivity contribution in [2.75, 3.05) is 0 Å². The van der Waals surface area contributed by atoms with Crippen LogP contribution in [-0.4, -0.2) is 26.7 Å². The molecule has 0 aromatic heterocycles. The summed E-state index contributed by atoms with van der Waals surface area (Å²) in [7, 11) is 0. The van der Waals surface area contributed by atoms with Gasteiger partial charge in [0, 0.05) is 29.3 Å². The third kappa shape index (κ3) is 4.10. The first-order chi connectivity index (χ1) is 14.6. The van der Waals surface area contributed by atoms with Crippen LogP contribution in [0.25, 0.3) is 6.08 Å². The Morgan fingerprint density at radius 1 is 1.13 bits per heavy atom. The summed E-state index contributed by atoms with van der Waals surface area (Å²) in [5.41, 5.74) is 2.06. The maximum atomic E-state index is 12.6. The predicted molar refractivity (Wildman–Crippen MR) is 117 cm³/mol. The standard InChI is InChI=1S/C25H26O6/c1-14(2)5-4-7-25(3)8-6-15-9-17(18(27)12-21(15)31-25)22-13-20(29)24-19(28)10-16(26)11-23(24)30-22/h5-6,8-12,22,26-28H,4,7,13H2,1-3H3. The number of ketones is 1. The molecule has 0 saturated carbocycles. The van der Waals surface area contributed by atoms with E-state index in [1.165, 1.54) is 11.6 Å². The van der Waals surface area contributed by atoms with E-state index in [2.05, 4.69) is 19.9 Å². The van der Waals surface area contributed by atoms with Gasteiger partial charge in [0.25, 0.3) is 0 Å². The number of Topliss-reactive ketones (excluding diaryl/α,β-unsaturated/α-hetero) is 1. The van der Waals surface area contributed by atoms with Crippen molar-refractivity contribution >= 4 is 11.9 Å². The van der Waals surface area contributed by atoms with Crippen molar-refractivity contribution in [2.45, 2.75) is 51.7 Å². The molecule has 4 rings (SSSR count). The molecule has 3 N–H and O–H groups in total. The van der Waals surface area contributed by atoms with E-state index >= 15 is 0 Å². The van der Waals surface area contributed by atoms with Gasteiger partial charge in [-0.25, -0.2) is 0 Å². The van der Waals surface area contributed by atoms with Gasteiger partial charge in [0.05, 0.1) is 6.42 Å². The highest BCUT2D eigenvalue weighted by Gasteiger charge is 2.34. The summed E-state index contributed by atoms with van der Waals surface area (Å²) in [5.74, 6) is -0.221. The second kappa shape index (κ2) is 7.69. The first kappa shape index (κ1) is 20.8. The van der Waals surface area contributed by atoms with Crippen LogP contribution in [0.15, 0.2) is 42.0 Å². The topological polar surface area (TPSA) is 96.2 Å². The lowest BCUT2D eigenvalue weighted by Crippen LogP contribution is -2.31. The van der Waals surface area contributed by atoms with Crippen LogP contribution in [0.5, 0.6) is 28.7 Å². The maximum absolute atomic E-state index is 12.6. The number of hydrogen-bond acceptors (Lipinski definition) is 6. The highest BCUT2D eigenvalue weighted by Crippen LogP contribution is 2.45. The zero-order valence-electron chi connectivity index (χ0n) is 17.8. The number of benzene rings is 2. The molecule has 0 radical (unpaired) electrons.